The van der Waals surface area contributed by atoms with Gasteiger partial charge in [0.25, 0.3) is 0 Å². The SMILES string of the molecule is COC(=O)/C=C/c1cccc2c1OCC(N)C2=O. The smallest absolute Gasteiger partial charge is 0.330 e. The molecule has 1 aromatic carbocycles. The van der Waals surface area contributed by atoms with Crippen molar-refractivity contribution in [2.45, 2.75) is 6.04 Å². The Hall–Kier alpha value is -2.14. The standard InChI is InChI=1S/C13H13NO4/c1-17-11(15)6-5-8-3-2-4-9-12(16)10(14)7-18-13(8)9/h2-6,10H,7,14H2,1H3/b6-5+. The molecule has 2 N–H and O–H groups in total. The summed E-state index contributed by atoms with van der Waals surface area (Å²) in [6.45, 7) is 0.148. The van der Waals surface area contributed by atoms with Crippen molar-refractivity contribution < 1.29 is 19.1 Å². The van der Waals surface area contributed by atoms with Crippen LogP contribution < -0.4 is 10.5 Å². The van der Waals surface area contributed by atoms with Gasteiger partial charge < -0.3 is 15.2 Å². The second-order valence-corrected chi connectivity index (χ2v) is 3.86. The number of hydrogen-bond donors (Lipinski definition) is 1. The first kappa shape index (κ1) is 12.3. The molecular formula is C13H13NO4. The third-order valence-electron chi connectivity index (χ3n) is 2.66. The molecule has 5 heteroatoms. The molecule has 0 spiro atoms. The first-order valence-electron chi connectivity index (χ1n) is 5.45. The lowest BCUT2D eigenvalue weighted by atomic mass is 9.98. The minimum absolute atomic E-state index is 0.148. The lowest BCUT2D eigenvalue weighted by Gasteiger charge is -2.22. The molecule has 94 valence electrons. The Labute approximate surface area is 104 Å². The zero-order valence-corrected chi connectivity index (χ0v) is 9.88. The predicted molar refractivity (Wildman–Crippen MR) is 65.3 cm³/mol. The van der Waals surface area contributed by atoms with Crippen LogP contribution in [0.25, 0.3) is 6.08 Å². The van der Waals surface area contributed by atoms with Crippen molar-refractivity contribution in [1.82, 2.24) is 0 Å². The molecule has 0 bridgehead atoms. The summed E-state index contributed by atoms with van der Waals surface area (Å²) in [5.74, 6) is -0.152. The monoisotopic (exact) mass is 247 g/mol. The van der Waals surface area contributed by atoms with Gasteiger partial charge in [-0.05, 0) is 12.1 Å². The predicted octanol–water partition coefficient (Wildman–Crippen LogP) is 0.775. The zero-order chi connectivity index (χ0) is 13.1. The fraction of sp³-hybridized carbons (Fsp3) is 0.231. The molecule has 2 rings (SSSR count). The minimum Gasteiger partial charge on any atom is -0.490 e. The second-order valence-electron chi connectivity index (χ2n) is 3.86. The number of rotatable bonds is 2. The minimum atomic E-state index is -0.627. The molecule has 1 aliphatic rings. The molecule has 0 saturated heterocycles. The molecule has 1 unspecified atom stereocenters. The normalized spacial score (nSPS) is 18.3. The Balaban J connectivity index is 2.37. The third kappa shape index (κ3) is 2.26. The average molecular weight is 247 g/mol. The molecule has 1 aliphatic heterocycles. The number of Topliss-reactive ketones (excluding diaryl/α,β-unsaturated/α-hetero) is 1. The fourth-order valence-electron chi connectivity index (χ4n) is 1.72. The van der Waals surface area contributed by atoms with Gasteiger partial charge in [0, 0.05) is 11.6 Å². The number of fused-ring (bicyclic) bond motifs is 1. The number of carbonyl (C=O) groups excluding carboxylic acids is 2. The van der Waals surface area contributed by atoms with Crippen LogP contribution in [0.4, 0.5) is 0 Å². The van der Waals surface area contributed by atoms with Crippen molar-refractivity contribution >= 4 is 17.8 Å². The number of esters is 1. The van der Waals surface area contributed by atoms with Crippen molar-refractivity contribution in [2.24, 2.45) is 5.73 Å². The summed E-state index contributed by atoms with van der Waals surface area (Å²) in [7, 11) is 1.30. The van der Waals surface area contributed by atoms with Gasteiger partial charge in [-0.1, -0.05) is 12.1 Å². The van der Waals surface area contributed by atoms with Crippen molar-refractivity contribution in [1.29, 1.82) is 0 Å². The van der Waals surface area contributed by atoms with Crippen molar-refractivity contribution in [2.75, 3.05) is 13.7 Å². The van der Waals surface area contributed by atoms with Gasteiger partial charge in [0.05, 0.1) is 12.7 Å². The quantitative estimate of drug-likeness (QED) is 0.617. The second kappa shape index (κ2) is 5.01. The van der Waals surface area contributed by atoms with Crippen molar-refractivity contribution in [3.63, 3.8) is 0 Å². The Morgan fingerprint density at radius 1 is 1.56 bits per heavy atom. The Bertz CT molecular complexity index is 522. The van der Waals surface area contributed by atoms with Gasteiger partial charge in [-0.2, -0.15) is 0 Å². The highest BCUT2D eigenvalue weighted by Gasteiger charge is 2.26. The van der Waals surface area contributed by atoms with Crippen LogP contribution in [0.2, 0.25) is 0 Å². The van der Waals surface area contributed by atoms with Crippen LogP contribution in [0.3, 0.4) is 0 Å². The van der Waals surface area contributed by atoms with Crippen molar-refractivity contribution in [3.8, 4) is 5.75 Å². The largest absolute Gasteiger partial charge is 0.490 e. The highest BCUT2D eigenvalue weighted by atomic mass is 16.5. The number of ketones is 1. The topological polar surface area (TPSA) is 78.6 Å². The van der Waals surface area contributed by atoms with E-state index in [-0.39, 0.29) is 12.4 Å². The van der Waals surface area contributed by atoms with E-state index in [1.54, 1.807) is 24.3 Å². The molecule has 0 aliphatic carbocycles. The number of benzene rings is 1. The van der Waals surface area contributed by atoms with E-state index in [0.29, 0.717) is 16.9 Å². The molecule has 1 atom stereocenters. The van der Waals surface area contributed by atoms with E-state index in [0.717, 1.165) is 0 Å². The summed E-state index contributed by atoms with van der Waals surface area (Å²) in [5, 5.41) is 0. The van der Waals surface area contributed by atoms with Gasteiger partial charge in [-0.3, -0.25) is 4.79 Å². The third-order valence-corrected chi connectivity index (χ3v) is 2.66. The summed E-state index contributed by atoms with van der Waals surface area (Å²) in [6.07, 6.45) is 2.83. The van der Waals surface area contributed by atoms with Crippen LogP contribution in [0.15, 0.2) is 24.3 Å². The van der Waals surface area contributed by atoms with Gasteiger partial charge in [-0.15, -0.1) is 0 Å². The number of methoxy groups -OCH3 is 1. The van der Waals surface area contributed by atoms with E-state index in [4.69, 9.17) is 10.5 Å². The molecule has 0 saturated carbocycles. The first-order valence-corrected chi connectivity index (χ1v) is 5.45. The summed E-state index contributed by atoms with van der Waals surface area (Å²) in [5.41, 5.74) is 6.72. The lowest BCUT2D eigenvalue weighted by molar-refractivity contribution is -0.134. The van der Waals surface area contributed by atoms with Gasteiger partial charge in [0.2, 0.25) is 0 Å². The maximum absolute atomic E-state index is 11.8. The van der Waals surface area contributed by atoms with Crippen LogP contribution in [0.1, 0.15) is 15.9 Å². The fourth-order valence-corrected chi connectivity index (χ4v) is 1.72. The molecular weight excluding hydrogens is 234 g/mol. The van der Waals surface area contributed by atoms with E-state index in [1.165, 1.54) is 13.2 Å². The summed E-state index contributed by atoms with van der Waals surface area (Å²) >= 11 is 0. The number of hydrogen-bond acceptors (Lipinski definition) is 5. The number of carbonyl (C=O) groups is 2. The molecule has 0 aromatic heterocycles. The van der Waals surface area contributed by atoms with Gasteiger partial charge in [-0.25, -0.2) is 4.79 Å². The maximum atomic E-state index is 11.8. The van der Waals surface area contributed by atoms with Crippen LogP contribution in [0.5, 0.6) is 5.75 Å². The molecule has 0 fully saturated rings. The van der Waals surface area contributed by atoms with Crippen LogP contribution in [-0.4, -0.2) is 31.5 Å². The molecule has 0 amide bonds. The Morgan fingerprint density at radius 3 is 3.06 bits per heavy atom. The van der Waals surface area contributed by atoms with Crippen LogP contribution in [-0.2, 0) is 9.53 Å². The summed E-state index contributed by atoms with van der Waals surface area (Å²) in [6, 6.07) is 4.50. The van der Waals surface area contributed by atoms with Gasteiger partial charge in [0.1, 0.15) is 18.4 Å². The molecule has 0 radical (unpaired) electrons. The molecule has 1 aromatic rings. The van der Waals surface area contributed by atoms with Gasteiger partial charge >= 0.3 is 5.97 Å². The number of para-hydroxylation sites is 1. The number of nitrogens with two attached hydrogens (primary N) is 1. The molecule has 18 heavy (non-hydrogen) atoms. The van der Waals surface area contributed by atoms with E-state index < -0.39 is 12.0 Å². The number of ether oxygens (including phenoxy) is 2. The molecule has 1 heterocycles. The van der Waals surface area contributed by atoms with E-state index >= 15 is 0 Å². The van der Waals surface area contributed by atoms with E-state index in [1.807, 2.05) is 0 Å². The van der Waals surface area contributed by atoms with E-state index in [9.17, 15) is 9.59 Å². The average Bonchev–Trinajstić information content (AvgIpc) is 2.40. The summed E-state index contributed by atoms with van der Waals surface area (Å²) in [4.78, 5) is 22.9. The molecule has 5 nitrogen and oxygen atoms in total. The first-order chi connectivity index (χ1) is 8.63. The van der Waals surface area contributed by atoms with Crippen LogP contribution >= 0.6 is 0 Å². The summed E-state index contributed by atoms with van der Waals surface area (Å²) < 4.78 is 9.95. The Kier molecular flexibility index (Phi) is 3.43. The zero-order valence-electron chi connectivity index (χ0n) is 9.88. The van der Waals surface area contributed by atoms with Crippen molar-refractivity contribution in [3.05, 3.63) is 35.4 Å². The van der Waals surface area contributed by atoms with Gasteiger partial charge in [0.15, 0.2) is 5.78 Å². The van der Waals surface area contributed by atoms with E-state index in [2.05, 4.69) is 4.74 Å². The lowest BCUT2D eigenvalue weighted by Crippen LogP contribution is -2.40. The highest BCUT2D eigenvalue weighted by molar-refractivity contribution is 6.04. The Morgan fingerprint density at radius 2 is 2.33 bits per heavy atom. The maximum Gasteiger partial charge on any atom is 0.330 e. The van der Waals surface area contributed by atoms with Crippen LogP contribution in [0, 0.1) is 0 Å². The highest BCUT2D eigenvalue weighted by Crippen LogP contribution is 2.29.